The fraction of sp³-hybridized carbons (Fsp3) is 0.208. The zero-order valence-corrected chi connectivity index (χ0v) is 21.0. The third kappa shape index (κ3) is 5.78. The minimum Gasteiger partial charge on any atom is -0.496 e. The Bertz CT molecular complexity index is 1440. The molecule has 0 aromatic heterocycles. The number of carbonyl (C=O) groups excluding carboxylic acids is 1. The van der Waals surface area contributed by atoms with Gasteiger partial charge in [-0.25, -0.2) is 16.8 Å². The van der Waals surface area contributed by atoms with Crippen LogP contribution in [-0.4, -0.2) is 61.1 Å². The molecule has 190 valence electrons. The number of amides is 1. The van der Waals surface area contributed by atoms with Gasteiger partial charge in [0.25, 0.3) is 26.0 Å². The van der Waals surface area contributed by atoms with Gasteiger partial charge in [0, 0.05) is 24.5 Å². The molecule has 0 spiro atoms. The van der Waals surface area contributed by atoms with E-state index in [1.165, 1.54) is 49.6 Å². The summed E-state index contributed by atoms with van der Waals surface area (Å²) >= 11 is 0. The molecule has 0 saturated carbocycles. The van der Waals surface area contributed by atoms with Crippen molar-refractivity contribution in [3.05, 3.63) is 78.4 Å². The van der Waals surface area contributed by atoms with Gasteiger partial charge >= 0.3 is 0 Å². The highest BCUT2D eigenvalue weighted by Crippen LogP contribution is 2.26. The van der Waals surface area contributed by atoms with Crippen LogP contribution in [0.25, 0.3) is 0 Å². The van der Waals surface area contributed by atoms with Crippen molar-refractivity contribution < 1.29 is 31.1 Å². The normalized spacial score (nSPS) is 14.2. The number of ether oxygens (including phenoxy) is 2. The first-order valence-corrected chi connectivity index (χ1v) is 13.9. The molecule has 1 saturated heterocycles. The molecule has 0 atom stereocenters. The van der Waals surface area contributed by atoms with E-state index in [1.807, 2.05) is 0 Å². The van der Waals surface area contributed by atoms with Gasteiger partial charge in [0.1, 0.15) is 5.75 Å². The van der Waals surface area contributed by atoms with Gasteiger partial charge < -0.3 is 14.4 Å². The third-order valence-corrected chi connectivity index (χ3v) is 8.23. The van der Waals surface area contributed by atoms with Crippen LogP contribution in [-0.2, 0) is 24.8 Å². The second-order valence-corrected chi connectivity index (χ2v) is 11.2. The molecule has 1 fully saturated rings. The highest BCUT2D eigenvalue weighted by molar-refractivity contribution is 7.93. The summed E-state index contributed by atoms with van der Waals surface area (Å²) in [5.41, 5.74) is 0.686. The Hall–Kier alpha value is -3.61. The maximum Gasteiger partial charge on any atom is 0.261 e. The second kappa shape index (κ2) is 10.6. The predicted octanol–water partition coefficient (Wildman–Crippen LogP) is 2.77. The Morgan fingerprint density at radius 2 is 1.36 bits per heavy atom. The molecule has 36 heavy (non-hydrogen) atoms. The minimum absolute atomic E-state index is 0.0304. The number of nitrogens with one attached hydrogen (secondary N) is 2. The smallest absolute Gasteiger partial charge is 0.261 e. The molecule has 0 aliphatic carbocycles. The lowest BCUT2D eigenvalue weighted by atomic mass is 10.1. The predicted molar refractivity (Wildman–Crippen MR) is 134 cm³/mol. The molecule has 0 bridgehead atoms. The van der Waals surface area contributed by atoms with Crippen molar-refractivity contribution in [1.82, 2.24) is 4.90 Å². The van der Waals surface area contributed by atoms with E-state index < -0.39 is 20.0 Å². The summed E-state index contributed by atoms with van der Waals surface area (Å²) in [6.45, 7) is 1.59. The van der Waals surface area contributed by atoms with E-state index in [4.69, 9.17) is 9.47 Å². The molecule has 0 unspecified atom stereocenters. The van der Waals surface area contributed by atoms with Crippen molar-refractivity contribution in [1.29, 1.82) is 0 Å². The van der Waals surface area contributed by atoms with Gasteiger partial charge in [0.05, 0.1) is 35.7 Å². The molecule has 2 N–H and O–H groups in total. The summed E-state index contributed by atoms with van der Waals surface area (Å²) in [4.78, 5) is 14.4. The van der Waals surface area contributed by atoms with E-state index in [0.29, 0.717) is 32.0 Å². The van der Waals surface area contributed by atoms with Crippen LogP contribution in [0.3, 0.4) is 0 Å². The SMILES string of the molecule is COc1ccc(S(=O)(=O)Nc2ccc(S(=O)(=O)Nc3ccccc3)cc2)cc1C(=O)N1CCOCC1. The molecular weight excluding hydrogens is 506 g/mol. The van der Waals surface area contributed by atoms with Gasteiger partial charge in [-0.15, -0.1) is 0 Å². The summed E-state index contributed by atoms with van der Waals surface area (Å²) in [6.07, 6.45) is 0. The molecule has 0 radical (unpaired) electrons. The van der Waals surface area contributed by atoms with E-state index >= 15 is 0 Å². The highest BCUT2D eigenvalue weighted by atomic mass is 32.2. The summed E-state index contributed by atoms with van der Waals surface area (Å²) in [7, 11) is -6.54. The fourth-order valence-corrected chi connectivity index (χ4v) is 5.74. The Balaban J connectivity index is 1.53. The zero-order valence-electron chi connectivity index (χ0n) is 19.4. The van der Waals surface area contributed by atoms with Gasteiger partial charge in [0.15, 0.2) is 0 Å². The number of carbonyl (C=O) groups is 1. The second-order valence-electron chi connectivity index (χ2n) is 7.87. The number of sulfonamides is 2. The van der Waals surface area contributed by atoms with E-state index in [1.54, 1.807) is 35.2 Å². The summed E-state index contributed by atoms with van der Waals surface area (Å²) < 4.78 is 66.7. The lowest BCUT2D eigenvalue weighted by Crippen LogP contribution is -2.40. The number of methoxy groups -OCH3 is 1. The topological polar surface area (TPSA) is 131 Å². The number of rotatable bonds is 8. The van der Waals surface area contributed by atoms with E-state index in [9.17, 15) is 21.6 Å². The molecule has 1 aliphatic rings. The Morgan fingerprint density at radius 1 is 0.806 bits per heavy atom. The lowest BCUT2D eigenvalue weighted by molar-refractivity contribution is 0.0300. The largest absolute Gasteiger partial charge is 0.496 e. The standard InChI is InChI=1S/C24H25N3O7S2/c1-33-23-12-11-21(17-22(23)24(28)27-13-15-34-16-14-27)36(31,32)26-19-7-9-20(10-8-19)35(29,30)25-18-5-3-2-4-6-18/h2-12,17,25-26H,13-16H2,1H3. The Kier molecular flexibility index (Phi) is 7.48. The number of morpholine rings is 1. The van der Waals surface area contributed by atoms with Crippen LogP contribution in [0.15, 0.2) is 82.6 Å². The first-order chi connectivity index (χ1) is 17.2. The monoisotopic (exact) mass is 531 g/mol. The fourth-order valence-electron chi connectivity index (χ4n) is 3.59. The maximum absolute atomic E-state index is 13.0. The minimum atomic E-state index is -4.09. The first kappa shape index (κ1) is 25.5. The van der Waals surface area contributed by atoms with E-state index in [0.717, 1.165) is 0 Å². The first-order valence-electron chi connectivity index (χ1n) is 11.0. The number of para-hydroxylation sites is 1. The van der Waals surface area contributed by atoms with Gasteiger partial charge in [-0.1, -0.05) is 18.2 Å². The number of benzene rings is 3. The van der Waals surface area contributed by atoms with Crippen molar-refractivity contribution in [3.63, 3.8) is 0 Å². The number of hydrogen-bond donors (Lipinski definition) is 2. The van der Waals surface area contributed by atoms with Crippen LogP contribution in [0.4, 0.5) is 11.4 Å². The molecule has 1 aliphatic heterocycles. The Morgan fingerprint density at radius 3 is 1.97 bits per heavy atom. The van der Waals surface area contributed by atoms with Crippen molar-refractivity contribution >= 4 is 37.3 Å². The van der Waals surface area contributed by atoms with Gasteiger partial charge in [0.2, 0.25) is 0 Å². The summed E-state index contributed by atoms with van der Waals surface area (Å²) in [5, 5.41) is 0. The van der Waals surface area contributed by atoms with Gasteiger partial charge in [-0.2, -0.15) is 0 Å². The average Bonchev–Trinajstić information content (AvgIpc) is 2.89. The molecular formula is C24H25N3O7S2. The molecule has 3 aromatic carbocycles. The van der Waals surface area contributed by atoms with Gasteiger partial charge in [-0.05, 0) is 54.6 Å². The lowest BCUT2D eigenvalue weighted by Gasteiger charge is -2.27. The highest BCUT2D eigenvalue weighted by Gasteiger charge is 2.25. The number of hydrogen-bond acceptors (Lipinski definition) is 7. The summed E-state index contributed by atoms with van der Waals surface area (Å²) in [5.74, 6) is -0.0985. The van der Waals surface area contributed by atoms with Crippen molar-refractivity contribution in [2.45, 2.75) is 9.79 Å². The van der Waals surface area contributed by atoms with E-state index in [-0.39, 0.29) is 32.7 Å². The van der Waals surface area contributed by atoms with Crippen molar-refractivity contribution in [3.8, 4) is 5.75 Å². The van der Waals surface area contributed by atoms with Crippen LogP contribution >= 0.6 is 0 Å². The van der Waals surface area contributed by atoms with Crippen LogP contribution in [0.1, 0.15) is 10.4 Å². The zero-order chi connectivity index (χ0) is 25.8. The van der Waals surface area contributed by atoms with Gasteiger partial charge in [-0.3, -0.25) is 14.2 Å². The van der Waals surface area contributed by atoms with Crippen LogP contribution < -0.4 is 14.2 Å². The van der Waals surface area contributed by atoms with E-state index in [2.05, 4.69) is 9.44 Å². The number of anilines is 2. The average molecular weight is 532 g/mol. The molecule has 10 nitrogen and oxygen atoms in total. The van der Waals surface area contributed by atoms with Crippen molar-refractivity contribution in [2.75, 3.05) is 42.9 Å². The molecule has 1 amide bonds. The molecule has 3 aromatic rings. The number of nitrogens with zero attached hydrogens (tertiary/aromatic N) is 1. The van der Waals surface area contributed by atoms with Crippen LogP contribution in [0.5, 0.6) is 5.75 Å². The Labute approximate surface area is 209 Å². The third-order valence-electron chi connectivity index (χ3n) is 5.45. The maximum atomic E-state index is 13.0. The summed E-state index contributed by atoms with van der Waals surface area (Å²) in [6, 6.07) is 17.7. The quantitative estimate of drug-likeness (QED) is 0.457. The molecule has 4 rings (SSSR count). The molecule has 12 heteroatoms. The van der Waals surface area contributed by atoms with Crippen molar-refractivity contribution in [2.24, 2.45) is 0 Å². The van der Waals surface area contributed by atoms with Crippen LogP contribution in [0.2, 0.25) is 0 Å². The van der Waals surface area contributed by atoms with Crippen LogP contribution in [0, 0.1) is 0 Å². The molecule has 1 heterocycles.